The van der Waals surface area contributed by atoms with Crippen LogP contribution < -0.4 is 59.3 Å². The van der Waals surface area contributed by atoms with Crippen LogP contribution in [0.2, 0.25) is 0 Å². The van der Waals surface area contributed by atoms with Crippen LogP contribution in [0.3, 0.4) is 0 Å². The molecule has 31 heteroatoms. The molecule has 0 bridgehead atoms. The summed E-state index contributed by atoms with van der Waals surface area (Å²) in [5.41, 5.74) is 16.9. The van der Waals surface area contributed by atoms with Gasteiger partial charge in [-0.15, -0.1) is 0 Å². The molecule has 18 N–H and O–H groups in total. The number of hydrogen-bond donors (Lipinski definition) is 15. The van der Waals surface area contributed by atoms with E-state index in [1.165, 1.54) is 0 Å². The fourth-order valence-electron chi connectivity index (χ4n) is 9.66. The lowest BCUT2D eigenvalue weighted by atomic mass is 9.84. The maximum Gasteiger partial charge on any atom is 0.408 e. The van der Waals surface area contributed by atoms with Crippen molar-refractivity contribution >= 4 is 82.6 Å². The largest absolute Gasteiger partial charge is 0.481 e. The first-order valence-electron chi connectivity index (χ1n) is 31.3. The molecule has 0 saturated heterocycles. The number of nitrogens with two attached hydrogens (primary N) is 3. The average Bonchev–Trinajstić information content (AvgIpc) is 0.836. The summed E-state index contributed by atoms with van der Waals surface area (Å²) >= 11 is 0. The van der Waals surface area contributed by atoms with Gasteiger partial charge in [0.2, 0.25) is 35.4 Å². The van der Waals surface area contributed by atoms with E-state index in [1.54, 1.807) is 131 Å². The minimum atomic E-state index is -2.26. The van der Waals surface area contributed by atoms with E-state index in [-0.39, 0.29) is 50.7 Å². The molecule has 0 aliphatic carbocycles. The molecule has 0 unspecified atom stereocenters. The Balaban J connectivity index is 2.61. The van der Waals surface area contributed by atoms with Crippen LogP contribution in [0.5, 0.6) is 0 Å². The first kappa shape index (κ1) is 82.3. The number of rotatable bonds is 41. The van der Waals surface area contributed by atoms with Crippen LogP contribution in [0.4, 0.5) is 15.3 Å². The third kappa shape index (κ3) is 28.8. The number of aliphatic imine (C=N–C) groups is 1. The first-order valence-corrected chi connectivity index (χ1v) is 31.3. The maximum absolute atomic E-state index is 15.1. The van der Waals surface area contributed by atoms with E-state index in [2.05, 4.69) is 42.2 Å². The van der Waals surface area contributed by atoms with Crippen molar-refractivity contribution < 1.29 is 92.5 Å². The Bertz CT molecular complexity index is 2940. The summed E-state index contributed by atoms with van der Waals surface area (Å²) < 4.78 is 11.1. The van der Waals surface area contributed by atoms with Crippen molar-refractivity contribution in [2.45, 2.75) is 181 Å². The Kier molecular flexibility index (Phi) is 34.5. The van der Waals surface area contributed by atoms with Gasteiger partial charge in [-0.25, -0.2) is 9.59 Å². The normalized spacial score (nSPS) is 15.5. The van der Waals surface area contributed by atoms with Gasteiger partial charge >= 0.3 is 18.2 Å². The Morgan fingerprint density at radius 2 is 1.24 bits per heavy atom. The van der Waals surface area contributed by atoms with Crippen molar-refractivity contribution in [2.24, 2.45) is 57.7 Å². The summed E-state index contributed by atoms with van der Waals surface area (Å²) in [5.74, 6) is -18.2. The SMILES string of the molecule is CC[C@H](C)[C@H](NC(=O)[C@@H](CCCN=C(N)N)NC(=O)[C@H](CC(C)C)NC(=O)[C@@H](CC(=O)[C@@H](NC(=O)OCc1ccccc1)[C@H](NC(=O)OC(C)(C)C)c1ccc(N(C)C)cc1)[C@H](O)C(C)C)C(=O)N[C@H](C(=O)NCC(=O)C[C@H](C(=O)C[C@@H](CO)C(=O)O)[C@H](O)C(N)=O)[C@H](C)O. The number of aliphatic hydroxyl groups excluding tert-OH is 4. The fourth-order valence-corrected chi connectivity index (χ4v) is 9.66. The number of carboxylic acids is 1. The third-order valence-corrected chi connectivity index (χ3v) is 15.2. The van der Waals surface area contributed by atoms with Gasteiger partial charge < -0.3 is 94.3 Å². The predicted molar refractivity (Wildman–Crippen MR) is 348 cm³/mol. The van der Waals surface area contributed by atoms with Gasteiger partial charge in [0.25, 0.3) is 0 Å². The summed E-state index contributed by atoms with van der Waals surface area (Å²) in [6.07, 6.45) is -10.2. The maximum atomic E-state index is 15.1. The standard InChI is InChI=1S/C64H100N12O19/c1-13-35(6)48(59(89)73-49(36(7)78)58(88)69-30-41(79)28-42(53(83)54(65)84)46(80)27-39(31-77)60(90)91)72-56(86)44(20-17-25-68-61(66)67)70-57(87)45(26-33(2)3)71-55(85)43(52(82)34(4)5)29-47(81)51(75-62(92)94-32-37-18-15-14-16-19-37)50(74-63(93)95-64(8,9)10)38-21-23-40(24-22-38)76(11)12/h14-16,18-19,21-24,33-36,39,42-45,48-53,77-78,82-83H,13,17,20,25-32H2,1-12H3,(H2,65,84)(H,69,88)(H,70,87)(H,71,85)(H,72,86)(H,73,89)(H,74,93)(H,75,92)(H,90,91)(H4,66,67,68)/t35-,36-,39-,42+,43-,44+,45-,48-,49-,50+,51+,52+,53-/m0/s1. The predicted octanol–water partition coefficient (Wildman–Crippen LogP) is -0.138. The highest BCUT2D eigenvalue weighted by Crippen LogP contribution is 2.27. The van der Waals surface area contributed by atoms with Crippen molar-refractivity contribution in [3.8, 4) is 0 Å². The number of aliphatic hydroxyl groups is 4. The third-order valence-electron chi connectivity index (χ3n) is 15.2. The molecule has 95 heavy (non-hydrogen) atoms. The molecular weight excluding hydrogens is 1240 g/mol. The Morgan fingerprint density at radius 1 is 0.653 bits per heavy atom. The molecule has 530 valence electrons. The van der Waals surface area contributed by atoms with E-state index >= 15 is 4.79 Å². The van der Waals surface area contributed by atoms with Crippen LogP contribution in [0.15, 0.2) is 59.6 Å². The number of benzene rings is 2. The van der Waals surface area contributed by atoms with Crippen molar-refractivity contribution in [1.29, 1.82) is 0 Å². The molecule has 0 radical (unpaired) electrons. The lowest BCUT2D eigenvalue weighted by molar-refractivity contribution is -0.147. The first-order chi connectivity index (χ1) is 44.3. The molecule has 0 saturated carbocycles. The number of nitrogens with zero attached hydrogens (tertiary/aromatic N) is 2. The Labute approximate surface area is 553 Å². The highest BCUT2D eigenvalue weighted by Gasteiger charge is 2.42. The molecule has 0 aromatic heterocycles. The van der Waals surface area contributed by atoms with Gasteiger partial charge in [0.05, 0.1) is 49.2 Å². The lowest BCUT2D eigenvalue weighted by Gasteiger charge is -2.32. The molecular formula is C64H100N12O19. The van der Waals surface area contributed by atoms with E-state index in [4.69, 9.17) is 26.7 Å². The number of primary amides is 1. The number of hydrogen-bond acceptors (Lipinski definition) is 20. The van der Waals surface area contributed by atoms with Gasteiger partial charge in [0.1, 0.15) is 54.3 Å². The molecule has 0 fully saturated rings. The van der Waals surface area contributed by atoms with Crippen LogP contribution >= 0.6 is 0 Å². The second-order valence-corrected chi connectivity index (χ2v) is 25.4. The minimum absolute atomic E-state index is 0.0475. The quantitative estimate of drug-likeness (QED) is 0.0234. The number of aliphatic carboxylic acids is 1. The number of anilines is 1. The number of carbonyl (C=O) groups is 12. The number of carboxylic acid groups (broad SMARTS) is 1. The van der Waals surface area contributed by atoms with Crippen LogP contribution in [-0.4, -0.2) is 190 Å². The number of Topliss-reactive ketones (excluding diaryl/α,β-unsaturated/α-hetero) is 3. The van der Waals surface area contributed by atoms with E-state index in [0.29, 0.717) is 11.1 Å². The van der Waals surface area contributed by atoms with Crippen molar-refractivity contribution in [3.63, 3.8) is 0 Å². The molecule has 13 atom stereocenters. The van der Waals surface area contributed by atoms with Gasteiger partial charge in [0, 0.05) is 45.6 Å². The minimum Gasteiger partial charge on any atom is -0.481 e. The van der Waals surface area contributed by atoms with E-state index in [9.17, 15) is 78.3 Å². The summed E-state index contributed by atoms with van der Waals surface area (Å²) in [5, 5.41) is 69.5. The Morgan fingerprint density at radius 3 is 1.76 bits per heavy atom. The second kappa shape index (κ2) is 39.8. The van der Waals surface area contributed by atoms with Gasteiger partial charge in [0.15, 0.2) is 17.5 Å². The molecule has 0 heterocycles. The van der Waals surface area contributed by atoms with Crippen LogP contribution in [0, 0.1) is 35.5 Å². The number of nitrogens with one attached hydrogen (secondary N) is 7. The molecule has 2 rings (SSSR count). The van der Waals surface area contributed by atoms with Crippen molar-refractivity contribution in [2.75, 3.05) is 38.7 Å². The molecule has 2 aromatic rings. The van der Waals surface area contributed by atoms with Gasteiger partial charge in [-0.3, -0.25) is 52.9 Å². The monoisotopic (exact) mass is 1340 g/mol. The number of guanidine groups is 1. The zero-order valence-electron chi connectivity index (χ0n) is 56.2. The number of amides is 8. The molecule has 8 amide bonds. The lowest BCUT2D eigenvalue weighted by Crippen LogP contribution is -2.61. The highest BCUT2D eigenvalue weighted by molar-refractivity contribution is 5.99. The summed E-state index contributed by atoms with van der Waals surface area (Å²) in [7, 11) is 3.60. The van der Waals surface area contributed by atoms with E-state index in [0.717, 1.165) is 12.6 Å². The van der Waals surface area contributed by atoms with Gasteiger partial charge in [-0.05, 0) is 88.0 Å². The van der Waals surface area contributed by atoms with Crippen LogP contribution in [0.1, 0.15) is 131 Å². The van der Waals surface area contributed by atoms with Gasteiger partial charge in [-0.1, -0.05) is 90.4 Å². The second-order valence-electron chi connectivity index (χ2n) is 25.4. The van der Waals surface area contributed by atoms with Crippen molar-refractivity contribution in [1.82, 2.24) is 37.2 Å². The topological polar surface area (TPSA) is 502 Å². The molecule has 0 spiro atoms. The van der Waals surface area contributed by atoms with Crippen LogP contribution in [-0.2, 0) is 64.0 Å². The summed E-state index contributed by atoms with van der Waals surface area (Å²) in [6, 6.07) is 5.90. The van der Waals surface area contributed by atoms with Gasteiger partial charge in [-0.2, -0.15) is 0 Å². The zero-order valence-corrected chi connectivity index (χ0v) is 56.2. The summed E-state index contributed by atoms with van der Waals surface area (Å²) in [6.45, 7) is 13.7. The van der Waals surface area contributed by atoms with E-state index < -0.39 is 193 Å². The summed E-state index contributed by atoms with van der Waals surface area (Å²) in [4.78, 5) is 170. The number of carbonyl (C=O) groups excluding carboxylic acids is 11. The molecule has 2 aromatic carbocycles. The zero-order chi connectivity index (χ0) is 72.2. The van der Waals surface area contributed by atoms with Crippen LogP contribution in [0.25, 0.3) is 0 Å². The fraction of sp³-hybridized carbons (Fsp3) is 0.609. The molecule has 31 nitrogen and oxygen atoms in total. The van der Waals surface area contributed by atoms with Crippen molar-refractivity contribution in [3.05, 3.63) is 65.7 Å². The number of alkyl carbamates (subject to hydrolysis) is 2. The highest BCUT2D eigenvalue weighted by atomic mass is 16.6. The Hall–Kier alpha value is -8.81. The average molecular weight is 1340 g/mol. The molecule has 0 aliphatic rings. The smallest absolute Gasteiger partial charge is 0.408 e. The molecule has 0 aliphatic heterocycles. The number of ether oxygens (including phenoxy) is 2. The van der Waals surface area contributed by atoms with E-state index in [1.807, 2.05) is 4.90 Å². The number of ketones is 3.